The van der Waals surface area contributed by atoms with Crippen LogP contribution < -0.4 is 4.72 Å². The van der Waals surface area contributed by atoms with Gasteiger partial charge in [-0.1, -0.05) is 42.0 Å². The summed E-state index contributed by atoms with van der Waals surface area (Å²) in [5.41, 5.74) is -2.21. The third-order valence-corrected chi connectivity index (χ3v) is 7.79. The number of piperidine rings is 1. The van der Waals surface area contributed by atoms with Crippen LogP contribution in [-0.4, -0.2) is 55.3 Å². The Bertz CT molecular complexity index is 1110. The summed E-state index contributed by atoms with van der Waals surface area (Å²) < 4.78 is 61.7. The molecule has 2 heterocycles. The summed E-state index contributed by atoms with van der Waals surface area (Å²) in [6.07, 6.45) is 2.47. The zero-order chi connectivity index (χ0) is 24.5. The van der Waals surface area contributed by atoms with Crippen molar-refractivity contribution < 1.29 is 26.4 Å². The van der Waals surface area contributed by atoms with Gasteiger partial charge in [0.1, 0.15) is 0 Å². The molecule has 0 aromatic heterocycles. The average molecular weight is 496 g/mol. The van der Waals surface area contributed by atoms with Crippen LogP contribution in [0.2, 0.25) is 0 Å². The molecule has 2 aromatic carbocycles. The van der Waals surface area contributed by atoms with E-state index in [1.807, 2.05) is 11.8 Å². The lowest BCUT2D eigenvalue weighted by molar-refractivity contribution is -0.133. The second kappa shape index (κ2) is 9.58. The third kappa shape index (κ3) is 5.38. The maximum atomic E-state index is 13.0. The topological polar surface area (TPSA) is 69.7 Å². The van der Waals surface area contributed by atoms with E-state index in [1.165, 1.54) is 17.7 Å². The highest BCUT2D eigenvalue weighted by Crippen LogP contribution is 2.32. The Hall–Kier alpha value is -2.59. The molecule has 184 valence electrons. The Balaban J connectivity index is 1.30. The van der Waals surface area contributed by atoms with Crippen LogP contribution in [0.15, 0.2) is 48.5 Å². The van der Waals surface area contributed by atoms with Crippen LogP contribution in [-0.2, 0) is 21.4 Å². The minimum absolute atomic E-state index is 0.106. The van der Waals surface area contributed by atoms with Gasteiger partial charge in [0.2, 0.25) is 5.91 Å². The molecular formula is C24H28F3N3O3S. The molecule has 6 nitrogen and oxygen atoms in total. The Morgan fingerprint density at radius 1 is 0.941 bits per heavy atom. The van der Waals surface area contributed by atoms with Gasteiger partial charge in [0.05, 0.1) is 6.04 Å². The molecule has 2 aromatic rings. The van der Waals surface area contributed by atoms with E-state index in [1.54, 1.807) is 16.9 Å². The van der Waals surface area contributed by atoms with Crippen molar-refractivity contribution in [3.8, 4) is 0 Å². The molecule has 0 saturated carbocycles. The number of rotatable bonds is 6. The number of benzene rings is 2. The van der Waals surface area contributed by atoms with Crippen LogP contribution in [0, 0.1) is 6.92 Å². The fourth-order valence-electron chi connectivity index (χ4n) is 4.71. The molecule has 0 spiro atoms. The smallest absolute Gasteiger partial charge is 0.337 e. The van der Waals surface area contributed by atoms with Gasteiger partial charge in [-0.2, -0.15) is 21.6 Å². The van der Waals surface area contributed by atoms with E-state index in [9.17, 15) is 26.4 Å². The number of nitrogens with zero attached hydrogens (tertiary/aromatic N) is 2. The highest BCUT2D eigenvalue weighted by molar-refractivity contribution is 7.93. The zero-order valence-corrected chi connectivity index (χ0v) is 19.7. The van der Waals surface area contributed by atoms with Crippen molar-refractivity contribution in [3.63, 3.8) is 0 Å². The largest absolute Gasteiger partial charge is 0.516 e. The van der Waals surface area contributed by atoms with Crippen LogP contribution in [0.1, 0.15) is 41.9 Å². The molecular weight excluding hydrogens is 467 g/mol. The van der Waals surface area contributed by atoms with E-state index >= 15 is 0 Å². The number of anilines is 1. The van der Waals surface area contributed by atoms with E-state index in [-0.39, 0.29) is 23.6 Å². The fourth-order valence-corrected chi connectivity index (χ4v) is 5.28. The van der Waals surface area contributed by atoms with Crippen LogP contribution in [0.4, 0.5) is 18.9 Å². The van der Waals surface area contributed by atoms with Crippen molar-refractivity contribution in [2.75, 3.05) is 24.4 Å². The number of aryl methyl sites for hydroxylation is 1. The number of carbonyl (C=O) groups is 1. The number of hydrogen-bond acceptors (Lipinski definition) is 4. The van der Waals surface area contributed by atoms with Crippen LogP contribution >= 0.6 is 0 Å². The number of alkyl halides is 3. The quantitative estimate of drug-likeness (QED) is 0.651. The van der Waals surface area contributed by atoms with E-state index in [0.717, 1.165) is 50.0 Å². The number of likely N-dealkylation sites (tertiary alicyclic amines) is 2. The van der Waals surface area contributed by atoms with Crippen LogP contribution in [0.25, 0.3) is 0 Å². The van der Waals surface area contributed by atoms with Crippen molar-refractivity contribution in [2.45, 2.75) is 50.2 Å². The molecule has 0 unspecified atom stereocenters. The number of sulfonamides is 1. The van der Waals surface area contributed by atoms with Crippen LogP contribution in [0.3, 0.4) is 0 Å². The zero-order valence-electron chi connectivity index (χ0n) is 18.9. The van der Waals surface area contributed by atoms with Crippen molar-refractivity contribution >= 4 is 21.6 Å². The molecule has 0 aliphatic carbocycles. The van der Waals surface area contributed by atoms with Gasteiger partial charge >= 0.3 is 15.5 Å². The summed E-state index contributed by atoms with van der Waals surface area (Å²) >= 11 is 0. The van der Waals surface area contributed by atoms with E-state index in [4.69, 9.17) is 0 Å². The van der Waals surface area contributed by atoms with Gasteiger partial charge in [-0.3, -0.25) is 14.4 Å². The van der Waals surface area contributed by atoms with Crippen molar-refractivity contribution in [3.05, 3.63) is 65.2 Å². The minimum Gasteiger partial charge on any atom is -0.337 e. The number of halogens is 3. The highest BCUT2D eigenvalue weighted by Gasteiger charge is 2.46. The van der Waals surface area contributed by atoms with Crippen molar-refractivity contribution in [2.24, 2.45) is 0 Å². The lowest BCUT2D eigenvalue weighted by atomic mass is 9.88. The maximum Gasteiger partial charge on any atom is 0.516 e. The van der Waals surface area contributed by atoms with Crippen molar-refractivity contribution in [1.29, 1.82) is 0 Å². The summed E-state index contributed by atoms with van der Waals surface area (Å²) in [6, 6.07) is 14.2. The van der Waals surface area contributed by atoms with E-state index in [0.29, 0.717) is 6.54 Å². The molecule has 1 N–H and O–H groups in total. The standard InChI is InChI=1S/C24H28F3N3O3S/c1-17-2-4-18(5-3-17)16-30-15-12-22(23(30)31)29-13-10-20(11-14-29)19-6-8-21(9-7-19)28-34(32,33)24(25,26)27/h2-9,20,22,28H,10-16H2,1H3/t22-/m1/s1. The Morgan fingerprint density at radius 2 is 1.56 bits per heavy atom. The molecule has 10 heteroatoms. The third-order valence-electron chi connectivity index (χ3n) is 6.67. The molecule has 1 amide bonds. The van der Waals surface area contributed by atoms with Gasteiger partial charge in [0, 0.05) is 18.8 Å². The summed E-state index contributed by atoms with van der Waals surface area (Å²) in [7, 11) is -5.43. The second-order valence-electron chi connectivity index (χ2n) is 9.03. The van der Waals surface area contributed by atoms with Crippen molar-refractivity contribution in [1.82, 2.24) is 9.80 Å². The Morgan fingerprint density at radius 3 is 2.15 bits per heavy atom. The second-order valence-corrected chi connectivity index (χ2v) is 10.7. The first-order chi connectivity index (χ1) is 16.0. The Kier molecular flexibility index (Phi) is 6.91. The first kappa shape index (κ1) is 24.5. The van der Waals surface area contributed by atoms with Gasteiger partial charge in [0.25, 0.3) is 0 Å². The van der Waals surface area contributed by atoms with E-state index in [2.05, 4.69) is 29.2 Å². The number of hydrogen-bond donors (Lipinski definition) is 1. The first-order valence-corrected chi connectivity index (χ1v) is 12.8. The van der Waals surface area contributed by atoms with E-state index < -0.39 is 15.5 Å². The molecule has 0 radical (unpaired) electrons. The molecule has 2 aliphatic rings. The fraction of sp³-hybridized carbons (Fsp3) is 0.458. The summed E-state index contributed by atoms with van der Waals surface area (Å²) in [4.78, 5) is 17.2. The van der Waals surface area contributed by atoms with Gasteiger partial charge < -0.3 is 4.90 Å². The summed E-state index contributed by atoms with van der Waals surface area (Å²) in [5.74, 6) is 0.380. The predicted molar refractivity (Wildman–Crippen MR) is 124 cm³/mol. The van der Waals surface area contributed by atoms with Gasteiger partial charge in [-0.15, -0.1) is 0 Å². The Labute approximate surface area is 197 Å². The SMILES string of the molecule is Cc1ccc(CN2CC[C@@H](N3CCC(c4ccc(NS(=O)(=O)C(F)(F)F)cc4)CC3)C2=O)cc1. The first-order valence-electron chi connectivity index (χ1n) is 11.3. The summed E-state index contributed by atoms with van der Waals surface area (Å²) in [5, 5.41) is 0. The highest BCUT2D eigenvalue weighted by atomic mass is 32.2. The van der Waals surface area contributed by atoms with Gasteiger partial charge in [-0.05, 0) is 68.5 Å². The average Bonchev–Trinajstić information content (AvgIpc) is 3.15. The lowest BCUT2D eigenvalue weighted by Crippen LogP contribution is -2.45. The molecule has 0 bridgehead atoms. The lowest BCUT2D eigenvalue weighted by Gasteiger charge is -2.35. The number of nitrogens with one attached hydrogen (secondary N) is 1. The minimum atomic E-state index is -5.43. The molecule has 4 rings (SSSR count). The molecule has 2 aliphatic heterocycles. The van der Waals surface area contributed by atoms with Gasteiger partial charge in [-0.25, -0.2) is 0 Å². The van der Waals surface area contributed by atoms with Crippen LogP contribution in [0.5, 0.6) is 0 Å². The maximum absolute atomic E-state index is 13.0. The molecule has 34 heavy (non-hydrogen) atoms. The molecule has 1 atom stereocenters. The van der Waals surface area contributed by atoms with Gasteiger partial charge in [0.15, 0.2) is 0 Å². The monoisotopic (exact) mass is 495 g/mol. The predicted octanol–water partition coefficient (Wildman–Crippen LogP) is 4.24. The number of carbonyl (C=O) groups excluding carboxylic acids is 1. The normalized spacial score (nSPS) is 20.6. The summed E-state index contributed by atoms with van der Waals surface area (Å²) in [6.45, 7) is 4.93. The molecule has 2 fully saturated rings. The number of amides is 1. The molecule has 2 saturated heterocycles.